The van der Waals surface area contributed by atoms with Crippen LogP contribution in [0.1, 0.15) is 11.3 Å². The number of hydrogen-bond donors (Lipinski definition) is 0. The Kier molecular flexibility index (Phi) is 5.43. The Balaban J connectivity index is 1.47. The van der Waals surface area contributed by atoms with Crippen LogP contribution in [-0.4, -0.2) is 54.0 Å². The van der Waals surface area contributed by atoms with Gasteiger partial charge in [-0.05, 0) is 29.8 Å². The molecule has 0 radical (unpaired) electrons. The summed E-state index contributed by atoms with van der Waals surface area (Å²) in [5, 5.41) is 0. The highest BCUT2D eigenvalue weighted by atomic mass is 16.5. The number of rotatable bonds is 5. The molecule has 0 atom stereocenters. The van der Waals surface area contributed by atoms with Crippen molar-refractivity contribution in [3.8, 4) is 5.75 Å². The van der Waals surface area contributed by atoms with Gasteiger partial charge in [0.25, 0.3) is 0 Å². The lowest BCUT2D eigenvalue weighted by Crippen LogP contribution is -2.48. The minimum absolute atomic E-state index is 0.192. The van der Waals surface area contributed by atoms with Crippen molar-refractivity contribution in [1.82, 2.24) is 14.8 Å². The minimum Gasteiger partial charge on any atom is -0.497 e. The number of pyridine rings is 1. The summed E-state index contributed by atoms with van der Waals surface area (Å²) in [4.78, 5) is 21.1. The van der Waals surface area contributed by atoms with Gasteiger partial charge in [-0.25, -0.2) is 0 Å². The van der Waals surface area contributed by atoms with Gasteiger partial charge in [0, 0.05) is 38.9 Å². The molecule has 1 fully saturated rings. The van der Waals surface area contributed by atoms with Gasteiger partial charge < -0.3 is 9.64 Å². The van der Waals surface area contributed by atoms with Crippen LogP contribution in [-0.2, 0) is 17.8 Å². The van der Waals surface area contributed by atoms with Crippen molar-refractivity contribution >= 4 is 5.91 Å². The summed E-state index contributed by atoms with van der Waals surface area (Å²) in [6.07, 6.45) is 2.27. The van der Waals surface area contributed by atoms with Gasteiger partial charge >= 0.3 is 0 Å². The maximum atomic E-state index is 12.5. The molecule has 3 rings (SSSR count). The molecule has 1 amide bonds. The summed E-state index contributed by atoms with van der Waals surface area (Å²) in [6.45, 7) is 4.20. The largest absolute Gasteiger partial charge is 0.497 e. The fraction of sp³-hybridized carbons (Fsp3) is 0.368. The van der Waals surface area contributed by atoms with Crippen molar-refractivity contribution in [2.45, 2.75) is 13.0 Å². The van der Waals surface area contributed by atoms with E-state index in [0.717, 1.165) is 49.7 Å². The predicted octanol–water partition coefficient (Wildman–Crippen LogP) is 1.98. The van der Waals surface area contributed by atoms with E-state index in [4.69, 9.17) is 4.74 Å². The molecule has 2 heterocycles. The first kappa shape index (κ1) is 16.5. The third-order valence-corrected chi connectivity index (χ3v) is 4.35. The molecular weight excluding hydrogens is 302 g/mol. The van der Waals surface area contributed by atoms with Gasteiger partial charge in [0.1, 0.15) is 5.75 Å². The fourth-order valence-electron chi connectivity index (χ4n) is 2.91. The summed E-state index contributed by atoms with van der Waals surface area (Å²) in [5.41, 5.74) is 2.10. The second kappa shape index (κ2) is 7.93. The van der Waals surface area contributed by atoms with Crippen LogP contribution in [0.2, 0.25) is 0 Å². The number of methoxy groups -OCH3 is 1. The Hall–Kier alpha value is -2.40. The minimum atomic E-state index is 0.192. The molecule has 0 N–H and O–H groups in total. The van der Waals surface area contributed by atoms with Crippen LogP contribution in [0.15, 0.2) is 48.7 Å². The Morgan fingerprint density at radius 1 is 1.08 bits per heavy atom. The zero-order valence-electron chi connectivity index (χ0n) is 14.0. The van der Waals surface area contributed by atoms with Crippen LogP contribution >= 0.6 is 0 Å². The summed E-state index contributed by atoms with van der Waals surface area (Å²) in [6, 6.07) is 13.7. The molecule has 5 heteroatoms. The highest BCUT2D eigenvalue weighted by Gasteiger charge is 2.21. The Bertz CT molecular complexity index is 650. The van der Waals surface area contributed by atoms with Crippen molar-refractivity contribution < 1.29 is 9.53 Å². The average molecular weight is 325 g/mol. The summed E-state index contributed by atoms with van der Waals surface area (Å²) in [5.74, 6) is 1.01. The molecule has 1 aliphatic heterocycles. The molecule has 1 aromatic heterocycles. The zero-order valence-corrected chi connectivity index (χ0v) is 14.0. The number of piperazine rings is 1. The van der Waals surface area contributed by atoms with E-state index in [2.05, 4.69) is 9.88 Å². The average Bonchev–Trinajstić information content (AvgIpc) is 2.64. The lowest BCUT2D eigenvalue weighted by Gasteiger charge is -2.34. The van der Waals surface area contributed by atoms with Crippen LogP contribution in [0.4, 0.5) is 0 Å². The van der Waals surface area contributed by atoms with Crippen LogP contribution in [0.3, 0.4) is 0 Å². The molecular formula is C19H23N3O2. The molecule has 0 spiro atoms. The third-order valence-electron chi connectivity index (χ3n) is 4.35. The highest BCUT2D eigenvalue weighted by Crippen LogP contribution is 2.13. The van der Waals surface area contributed by atoms with E-state index in [1.807, 2.05) is 53.6 Å². The lowest BCUT2D eigenvalue weighted by molar-refractivity contribution is -0.132. The maximum Gasteiger partial charge on any atom is 0.227 e. The molecule has 0 unspecified atom stereocenters. The molecule has 0 bridgehead atoms. The van der Waals surface area contributed by atoms with E-state index < -0.39 is 0 Å². The molecule has 5 nitrogen and oxygen atoms in total. The van der Waals surface area contributed by atoms with E-state index in [1.54, 1.807) is 7.11 Å². The first-order valence-electron chi connectivity index (χ1n) is 8.27. The first-order chi connectivity index (χ1) is 11.7. The molecule has 0 saturated carbocycles. The third kappa shape index (κ3) is 4.32. The number of amides is 1. The smallest absolute Gasteiger partial charge is 0.227 e. The second-order valence-electron chi connectivity index (χ2n) is 6.00. The number of carbonyl (C=O) groups is 1. The van der Waals surface area contributed by atoms with Crippen molar-refractivity contribution in [2.75, 3.05) is 33.3 Å². The van der Waals surface area contributed by atoms with Crippen LogP contribution in [0.25, 0.3) is 0 Å². The van der Waals surface area contributed by atoms with Crippen LogP contribution < -0.4 is 4.74 Å². The Morgan fingerprint density at radius 3 is 2.46 bits per heavy atom. The van der Waals surface area contributed by atoms with Gasteiger partial charge in [0.05, 0.1) is 19.2 Å². The number of ether oxygens (including phenoxy) is 1. The van der Waals surface area contributed by atoms with Gasteiger partial charge in [0.15, 0.2) is 0 Å². The standard InChI is InChI=1S/C19H23N3O2/c1-24-18-7-5-16(6-8-18)14-19(23)22-12-10-21(11-13-22)15-17-4-2-3-9-20-17/h2-9H,10-15H2,1H3. The molecule has 2 aromatic rings. The normalized spacial score (nSPS) is 15.3. The van der Waals surface area contributed by atoms with Crippen molar-refractivity contribution in [2.24, 2.45) is 0 Å². The number of carbonyl (C=O) groups excluding carboxylic acids is 1. The Morgan fingerprint density at radius 2 is 1.83 bits per heavy atom. The van der Waals surface area contributed by atoms with Gasteiger partial charge in [-0.2, -0.15) is 0 Å². The molecule has 1 saturated heterocycles. The van der Waals surface area contributed by atoms with Gasteiger partial charge in [-0.3, -0.25) is 14.7 Å². The van der Waals surface area contributed by atoms with E-state index >= 15 is 0 Å². The molecule has 126 valence electrons. The number of aromatic nitrogens is 1. The maximum absolute atomic E-state index is 12.5. The molecule has 0 aliphatic carbocycles. The van der Waals surface area contributed by atoms with Gasteiger partial charge in [-0.15, -0.1) is 0 Å². The zero-order chi connectivity index (χ0) is 16.8. The summed E-state index contributed by atoms with van der Waals surface area (Å²) < 4.78 is 5.15. The van der Waals surface area contributed by atoms with Gasteiger partial charge in [-0.1, -0.05) is 18.2 Å². The fourth-order valence-corrected chi connectivity index (χ4v) is 2.91. The number of nitrogens with zero attached hydrogens (tertiary/aromatic N) is 3. The second-order valence-corrected chi connectivity index (χ2v) is 6.00. The predicted molar refractivity (Wildman–Crippen MR) is 92.8 cm³/mol. The van der Waals surface area contributed by atoms with Crippen LogP contribution in [0.5, 0.6) is 5.75 Å². The molecule has 1 aromatic carbocycles. The monoisotopic (exact) mass is 325 g/mol. The van der Waals surface area contributed by atoms with E-state index in [1.165, 1.54) is 0 Å². The SMILES string of the molecule is COc1ccc(CC(=O)N2CCN(Cc3ccccn3)CC2)cc1. The highest BCUT2D eigenvalue weighted by molar-refractivity contribution is 5.78. The molecule has 24 heavy (non-hydrogen) atoms. The van der Waals surface area contributed by atoms with Gasteiger partial charge in [0.2, 0.25) is 5.91 Å². The van der Waals surface area contributed by atoms with Crippen LogP contribution in [0, 0.1) is 0 Å². The molecule has 1 aliphatic rings. The summed E-state index contributed by atoms with van der Waals surface area (Å²) >= 11 is 0. The number of benzene rings is 1. The Labute approximate surface area is 142 Å². The van der Waals surface area contributed by atoms with E-state index in [0.29, 0.717) is 6.42 Å². The van der Waals surface area contributed by atoms with Crippen molar-refractivity contribution in [1.29, 1.82) is 0 Å². The van der Waals surface area contributed by atoms with Crippen molar-refractivity contribution in [3.05, 3.63) is 59.9 Å². The first-order valence-corrected chi connectivity index (χ1v) is 8.27. The lowest BCUT2D eigenvalue weighted by atomic mass is 10.1. The van der Waals surface area contributed by atoms with E-state index in [-0.39, 0.29) is 5.91 Å². The van der Waals surface area contributed by atoms with E-state index in [9.17, 15) is 4.79 Å². The number of hydrogen-bond acceptors (Lipinski definition) is 4. The topological polar surface area (TPSA) is 45.7 Å². The quantitative estimate of drug-likeness (QED) is 0.843. The van der Waals surface area contributed by atoms with Crippen molar-refractivity contribution in [3.63, 3.8) is 0 Å². The summed E-state index contributed by atoms with van der Waals surface area (Å²) in [7, 11) is 1.64.